The Hall–Kier alpha value is -2.20. The number of aromatic nitrogens is 2. The van der Waals surface area contributed by atoms with E-state index in [9.17, 15) is 4.79 Å². The van der Waals surface area contributed by atoms with Crippen molar-refractivity contribution >= 4 is 11.7 Å². The van der Waals surface area contributed by atoms with Crippen LogP contribution in [0.1, 0.15) is 5.56 Å². The Labute approximate surface area is 105 Å². The zero-order valence-electron chi connectivity index (χ0n) is 10.1. The summed E-state index contributed by atoms with van der Waals surface area (Å²) in [5, 5.41) is 22.6. The number of carbonyl (C=O) groups excluding carboxylic acids is 1. The molecule has 0 bridgehead atoms. The van der Waals surface area contributed by atoms with Crippen molar-refractivity contribution in [2.75, 3.05) is 31.6 Å². The quantitative estimate of drug-likeness (QED) is 0.686. The normalized spacial score (nSPS) is 19.1. The number of anilines is 1. The van der Waals surface area contributed by atoms with Gasteiger partial charge >= 0.3 is 0 Å². The van der Waals surface area contributed by atoms with Crippen LogP contribution in [-0.2, 0) is 4.79 Å². The van der Waals surface area contributed by atoms with Gasteiger partial charge in [0.15, 0.2) is 5.82 Å². The summed E-state index contributed by atoms with van der Waals surface area (Å²) in [7, 11) is 1.59. The van der Waals surface area contributed by atoms with E-state index in [-0.39, 0.29) is 11.9 Å². The number of nitrogens with zero attached hydrogens (tertiary/aromatic N) is 4. The predicted molar refractivity (Wildman–Crippen MR) is 64.8 cm³/mol. The molecule has 0 aliphatic carbocycles. The van der Waals surface area contributed by atoms with Crippen LogP contribution in [0.5, 0.6) is 0 Å². The van der Waals surface area contributed by atoms with Gasteiger partial charge in [0.05, 0.1) is 11.8 Å². The molecule has 0 aromatic carbocycles. The lowest BCUT2D eigenvalue weighted by Gasteiger charge is -2.35. The fraction of sp³-hybridized carbons (Fsp3) is 0.455. The predicted octanol–water partition coefficient (Wildman–Crippen LogP) is -1.13. The largest absolute Gasteiger partial charge is 0.357 e. The second-order valence-corrected chi connectivity index (χ2v) is 3.91. The summed E-state index contributed by atoms with van der Waals surface area (Å²) < 4.78 is 0. The zero-order valence-corrected chi connectivity index (χ0v) is 10.1. The summed E-state index contributed by atoms with van der Waals surface area (Å²) in [4.78, 5) is 13.6. The van der Waals surface area contributed by atoms with Crippen LogP contribution >= 0.6 is 0 Å². The van der Waals surface area contributed by atoms with Gasteiger partial charge in [-0.15, -0.1) is 5.10 Å². The standard InChI is InChI=1S/C11H14N6O/c1-13-11(18)9-7-14-4-5-17(9)10-8(6-12)2-3-15-16-10/h2-3,9,14H,4-5,7H2,1H3,(H,13,18). The fourth-order valence-electron chi connectivity index (χ4n) is 1.98. The number of likely N-dealkylation sites (N-methyl/N-ethyl adjacent to an activating group) is 1. The minimum absolute atomic E-state index is 0.100. The first-order valence-electron chi connectivity index (χ1n) is 5.68. The minimum Gasteiger partial charge on any atom is -0.357 e. The van der Waals surface area contributed by atoms with Gasteiger partial charge in [0.2, 0.25) is 5.91 Å². The van der Waals surface area contributed by atoms with E-state index in [1.165, 1.54) is 6.20 Å². The molecule has 94 valence electrons. The molecule has 2 heterocycles. The SMILES string of the molecule is CNC(=O)C1CNCCN1c1nnccc1C#N. The molecule has 7 heteroatoms. The lowest BCUT2D eigenvalue weighted by atomic mass is 10.1. The zero-order chi connectivity index (χ0) is 13.0. The Morgan fingerprint density at radius 2 is 2.56 bits per heavy atom. The summed E-state index contributed by atoms with van der Waals surface area (Å²) in [5.74, 6) is 0.367. The van der Waals surface area contributed by atoms with Crippen LogP contribution in [0.2, 0.25) is 0 Å². The molecule has 18 heavy (non-hydrogen) atoms. The van der Waals surface area contributed by atoms with Crippen LogP contribution in [0.25, 0.3) is 0 Å². The highest BCUT2D eigenvalue weighted by Crippen LogP contribution is 2.19. The van der Waals surface area contributed by atoms with E-state index in [1.54, 1.807) is 13.1 Å². The van der Waals surface area contributed by atoms with Crippen molar-refractivity contribution in [1.29, 1.82) is 5.26 Å². The molecule has 1 saturated heterocycles. The number of amides is 1. The third-order valence-electron chi connectivity index (χ3n) is 2.89. The molecule has 2 rings (SSSR count). The molecule has 1 amide bonds. The molecule has 1 aliphatic heterocycles. The number of nitrogens with one attached hydrogen (secondary N) is 2. The van der Waals surface area contributed by atoms with E-state index in [4.69, 9.17) is 5.26 Å². The lowest BCUT2D eigenvalue weighted by Crippen LogP contribution is -2.58. The summed E-state index contributed by atoms with van der Waals surface area (Å²) in [5.41, 5.74) is 0.431. The Morgan fingerprint density at radius 3 is 3.28 bits per heavy atom. The Bertz CT molecular complexity index is 483. The van der Waals surface area contributed by atoms with E-state index in [0.717, 1.165) is 6.54 Å². The highest BCUT2D eigenvalue weighted by molar-refractivity contribution is 5.85. The van der Waals surface area contributed by atoms with E-state index >= 15 is 0 Å². The van der Waals surface area contributed by atoms with Gasteiger partial charge in [-0.1, -0.05) is 0 Å². The van der Waals surface area contributed by atoms with Crippen LogP contribution in [0.4, 0.5) is 5.82 Å². The average molecular weight is 246 g/mol. The van der Waals surface area contributed by atoms with E-state index in [1.807, 2.05) is 4.90 Å². The van der Waals surface area contributed by atoms with Crippen LogP contribution in [0.3, 0.4) is 0 Å². The lowest BCUT2D eigenvalue weighted by molar-refractivity contribution is -0.122. The highest BCUT2D eigenvalue weighted by atomic mass is 16.2. The Kier molecular flexibility index (Phi) is 3.69. The maximum Gasteiger partial charge on any atom is 0.243 e. The Morgan fingerprint density at radius 1 is 1.72 bits per heavy atom. The molecular formula is C11H14N6O. The van der Waals surface area contributed by atoms with Crippen LogP contribution in [0.15, 0.2) is 12.3 Å². The molecule has 1 aliphatic rings. The average Bonchev–Trinajstić information content (AvgIpc) is 2.46. The van der Waals surface area contributed by atoms with E-state index in [0.29, 0.717) is 24.5 Å². The molecule has 1 fully saturated rings. The number of hydrogen-bond acceptors (Lipinski definition) is 6. The topological polar surface area (TPSA) is 93.9 Å². The van der Waals surface area contributed by atoms with Gasteiger partial charge in [0, 0.05) is 26.7 Å². The molecule has 0 spiro atoms. The second-order valence-electron chi connectivity index (χ2n) is 3.91. The molecule has 1 atom stereocenters. The number of nitriles is 1. The van der Waals surface area contributed by atoms with Crippen molar-refractivity contribution in [1.82, 2.24) is 20.8 Å². The summed E-state index contributed by atoms with van der Waals surface area (Å²) >= 11 is 0. The molecule has 0 saturated carbocycles. The van der Waals surface area contributed by atoms with E-state index < -0.39 is 0 Å². The van der Waals surface area contributed by atoms with E-state index in [2.05, 4.69) is 26.9 Å². The van der Waals surface area contributed by atoms with Crippen molar-refractivity contribution in [2.24, 2.45) is 0 Å². The third kappa shape index (κ3) is 2.24. The molecule has 1 aromatic heterocycles. The monoisotopic (exact) mass is 246 g/mol. The number of rotatable bonds is 2. The maximum absolute atomic E-state index is 11.8. The van der Waals surface area contributed by atoms with Crippen molar-refractivity contribution in [3.8, 4) is 6.07 Å². The highest BCUT2D eigenvalue weighted by Gasteiger charge is 2.30. The first-order valence-corrected chi connectivity index (χ1v) is 5.68. The molecule has 1 aromatic rings. The molecular weight excluding hydrogens is 232 g/mol. The van der Waals surface area contributed by atoms with Crippen molar-refractivity contribution in [2.45, 2.75) is 6.04 Å². The van der Waals surface area contributed by atoms with Crippen LogP contribution < -0.4 is 15.5 Å². The first-order chi connectivity index (χ1) is 8.77. The van der Waals surface area contributed by atoms with Gasteiger partial charge in [-0.2, -0.15) is 10.4 Å². The van der Waals surface area contributed by atoms with Gasteiger partial charge < -0.3 is 15.5 Å². The van der Waals surface area contributed by atoms with Crippen molar-refractivity contribution in [3.05, 3.63) is 17.8 Å². The number of carbonyl (C=O) groups is 1. The summed E-state index contributed by atoms with van der Waals surface area (Å²) in [6.07, 6.45) is 1.47. The molecule has 2 N–H and O–H groups in total. The fourth-order valence-corrected chi connectivity index (χ4v) is 1.98. The first kappa shape index (κ1) is 12.3. The molecule has 1 unspecified atom stereocenters. The van der Waals surface area contributed by atoms with Crippen molar-refractivity contribution in [3.63, 3.8) is 0 Å². The van der Waals surface area contributed by atoms with Crippen LogP contribution in [0, 0.1) is 11.3 Å². The summed E-state index contributed by atoms with van der Waals surface area (Å²) in [6.45, 7) is 1.89. The van der Waals surface area contributed by atoms with Gasteiger partial charge in [-0.25, -0.2) is 0 Å². The van der Waals surface area contributed by atoms with Gasteiger partial charge in [0.25, 0.3) is 0 Å². The van der Waals surface area contributed by atoms with Gasteiger partial charge in [-0.3, -0.25) is 4.79 Å². The maximum atomic E-state index is 11.8. The minimum atomic E-state index is -0.368. The van der Waals surface area contributed by atoms with Gasteiger partial charge in [0.1, 0.15) is 12.1 Å². The van der Waals surface area contributed by atoms with Crippen LogP contribution in [-0.4, -0.2) is 48.8 Å². The molecule has 7 nitrogen and oxygen atoms in total. The second kappa shape index (κ2) is 5.42. The third-order valence-corrected chi connectivity index (χ3v) is 2.89. The molecule has 0 radical (unpaired) electrons. The summed E-state index contributed by atoms with van der Waals surface area (Å²) in [6, 6.07) is 3.31. The number of hydrogen-bond donors (Lipinski definition) is 2. The van der Waals surface area contributed by atoms with Crippen molar-refractivity contribution < 1.29 is 4.79 Å². The smallest absolute Gasteiger partial charge is 0.243 e. The number of piperazine rings is 1. The van der Waals surface area contributed by atoms with Gasteiger partial charge in [-0.05, 0) is 6.07 Å². The Balaban J connectivity index is 2.34.